The van der Waals surface area contributed by atoms with Crippen molar-refractivity contribution in [2.75, 3.05) is 6.54 Å². The van der Waals surface area contributed by atoms with Gasteiger partial charge in [-0.1, -0.05) is 0 Å². The highest BCUT2D eigenvalue weighted by Gasteiger charge is 2.33. The summed E-state index contributed by atoms with van der Waals surface area (Å²) in [4.78, 5) is 4.34. The van der Waals surface area contributed by atoms with Gasteiger partial charge in [-0.05, 0) is 33.2 Å². The van der Waals surface area contributed by atoms with Crippen LogP contribution in [-0.4, -0.2) is 21.7 Å². The van der Waals surface area contributed by atoms with Gasteiger partial charge >= 0.3 is 0 Å². The van der Waals surface area contributed by atoms with Crippen molar-refractivity contribution >= 4 is 0 Å². The molecular weight excluding hydrogens is 152 g/mol. The van der Waals surface area contributed by atoms with Gasteiger partial charge in [-0.3, -0.25) is 5.10 Å². The topological polar surface area (TPSA) is 53.6 Å². The predicted octanol–water partition coefficient (Wildman–Crippen LogP) is 0.712. The van der Waals surface area contributed by atoms with Crippen LogP contribution in [0.4, 0.5) is 0 Å². The first-order chi connectivity index (χ1) is 5.71. The van der Waals surface area contributed by atoms with Gasteiger partial charge in [0.25, 0.3) is 0 Å². The van der Waals surface area contributed by atoms with E-state index in [0.717, 1.165) is 24.6 Å². The lowest BCUT2D eigenvalue weighted by Crippen LogP contribution is -2.34. The zero-order valence-electron chi connectivity index (χ0n) is 7.52. The minimum absolute atomic E-state index is 0.00472. The van der Waals surface area contributed by atoms with Crippen molar-refractivity contribution in [3.63, 3.8) is 0 Å². The third-order valence-corrected chi connectivity index (χ3v) is 2.46. The van der Waals surface area contributed by atoms with Gasteiger partial charge in [-0.15, -0.1) is 0 Å². The van der Waals surface area contributed by atoms with Crippen molar-refractivity contribution in [3.8, 4) is 0 Å². The van der Waals surface area contributed by atoms with Crippen LogP contribution in [0.2, 0.25) is 0 Å². The maximum atomic E-state index is 4.34. The number of hydrogen-bond donors (Lipinski definition) is 2. The number of rotatable bonds is 1. The molecule has 0 amide bonds. The standard InChI is InChI=1S/C8H14N4/c1-6-10-7(12-11-6)8(2)4-3-5-9-8/h9H,3-5H2,1-2H3,(H,10,11,12)/t8-/m0/s1. The predicted molar refractivity (Wildman–Crippen MR) is 45.7 cm³/mol. The third kappa shape index (κ3) is 1.12. The molecule has 0 spiro atoms. The van der Waals surface area contributed by atoms with Crippen LogP contribution in [0.5, 0.6) is 0 Å². The van der Waals surface area contributed by atoms with E-state index in [2.05, 4.69) is 27.4 Å². The normalized spacial score (nSPS) is 29.5. The van der Waals surface area contributed by atoms with Crippen molar-refractivity contribution in [3.05, 3.63) is 11.6 Å². The van der Waals surface area contributed by atoms with E-state index in [0.29, 0.717) is 0 Å². The molecule has 4 nitrogen and oxygen atoms in total. The zero-order valence-corrected chi connectivity index (χ0v) is 7.52. The Morgan fingerprint density at radius 1 is 1.50 bits per heavy atom. The van der Waals surface area contributed by atoms with Crippen LogP contribution in [-0.2, 0) is 5.54 Å². The first kappa shape index (κ1) is 7.73. The van der Waals surface area contributed by atoms with Gasteiger partial charge < -0.3 is 5.32 Å². The minimum atomic E-state index is 0.00472. The SMILES string of the molecule is Cc1nc([C@]2(C)CCCN2)n[nH]1. The van der Waals surface area contributed by atoms with Crippen molar-refractivity contribution in [2.24, 2.45) is 0 Å². The molecule has 1 fully saturated rings. The number of H-pyrrole nitrogens is 1. The number of nitrogens with one attached hydrogen (secondary N) is 2. The summed E-state index contributed by atoms with van der Waals surface area (Å²) in [5.41, 5.74) is 0.00472. The van der Waals surface area contributed by atoms with Crippen LogP contribution >= 0.6 is 0 Å². The fourth-order valence-electron chi connectivity index (χ4n) is 1.67. The molecule has 1 aliphatic rings. The van der Waals surface area contributed by atoms with Crippen LogP contribution in [0.15, 0.2) is 0 Å². The molecule has 0 radical (unpaired) electrons. The number of nitrogens with zero attached hydrogens (tertiary/aromatic N) is 2. The Morgan fingerprint density at radius 3 is 2.83 bits per heavy atom. The Hall–Kier alpha value is -0.900. The summed E-state index contributed by atoms with van der Waals surface area (Å²) in [6, 6.07) is 0. The fourth-order valence-corrected chi connectivity index (χ4v) is 1.67. The maximum Gasteiger partial charge on any atom is 0.170 e. The Labute approximate surface area is 71.8 Å². The largest absolute Gasteiger partial charge is 0.305 e. The summed E-state index contributed by atoms with van der Waals surface area (Å²) < 4.78 is 0. The van der Waals surface area contributed by atoms with Crippen molar-refractivity contribution in [1.82, 2.24) is 20.5 Å². The van der Waals surface area contributed by atoms with Gasteiger partial charge in [0.05, 0.1) is 5.54 Å². The molecular formula is C8H14N4. The molecule has 12 heavy (non-hydrogen) atoms. The average Bonchev–Trinajstić information content (AvgIpc) is 2.59. The van der Waals surface area contributed by atoms with E-state index < -0.39 is 0 Å². The van der Waals surface area contributed by atoms with E-state index in [-0.39, 0.29) is 5.54 Å². The number of hydrogen-bond acceptors (Lipinski definition) is 3. The van der Waals surface area contributed by atoms with E-state index >= 15 is 0 Å². The van der Waals surface area contributed by atoms with E-state index in [1.165, 1.54) is 6.42 Å². The fraction of sp³-hybridized carbons (Fsp3) is 0.750. The second-order valence-corrected chi connectivity index (χ2v) is 3.61. The van der Waals surface area contributed by atoms with Crippen LogP contribution in [0, 0.1) is 6.92 Å². The summed E-state index contributed by atoms with van der Waals surface area (Å²) in [6.45, 7) is 5.15. The molecule has 1 saturated heterocycles. The lowest BCUT2D eigenvalue weighted by Gasteiger charge is -2.19. The van der Waals surface area contributed by atoms with Gasteiger partial charge in [0.15, 0.2) is 5.82 Å². The molecule has 0 aliphatic carbocycles. The smallest absolute Gasteiger partial charge is 0.170 e. The molecule has 0 saturated carbocycles. The minimum Gasteiger partial charge on any atom is -0.305 e. The first-order valence-corrected chi connectivity index (χ1v) is 4.35. The molecule has 0 unspecified atom stereocenters. The Kier molecular flexibility index (Phi) is 1.65. The molecule has 1 aromatic heterocycles. The molecule has 0 aromatic carbocycles. The molecule has 1 atom stereocenters. The van der Waals surface area contributed by atoms with Crippen LogP contribution in [0.3, 0.4) is 0 Å². The zero-order chi connectivity index (χ0) is 8.60. The van der Waals surface area contributed by atoms with Gasteiger partial charge in [0.1, 0.15) is 5.82 Å². The second kappa shape index (κ2) is 2.55. The first-order valence-electron chi connectivity index (χ1n) is 4.35. The molecule has 2 heterocycles. The number of aromatic amines is 1. The van der Waals surface area contributed by atoms with Gasteiger partial charge in [0, 0.05) is 0 Å². The van der Waals surface area contributed by atoms with Gasteiger partial charge in [0.2, 0.25) is 0 Å². The quantitative estimate of drug-likeness (QED) is 0.646. The molecule has 0 bridgehead atoms. The van der Waals surface area contributed by atoms with Crippen LogP contribution in [0.25, 0.3) is 0 Å². The molecule has 66 valence electrons. The summed E-state index contributed by atoms with van der Waals surface area (Å²) in [7, 11) is 0. The number of aromatic nitrogens is 3. The lowest BCUT2D eigenvalue weighted by molar-refractivity contribution is 0.408. The summed E-state index contributed by atoms with van der Waals surface area (Å²) in [5.74, 6) is 1.79. The Bertz CT molecular complexity index is 272. The monoisotopic (exact) mass is 166 g/mol. The van der Waals surface area contributed by atoms with E-state index in [1.807, 2.05) is 6.92 Å². The molecule has 4 heteroatoms. The van der Waals surface area contributed by atoms with E-state index in [4.69, 9.17) is 0 Å². The van der Waals surface area contributed by atoms with Gasteiger partial charge in [-0.25, -0.2) is 4.98 Å². The molecule has 1 aromatic rings. The maximum absolute atomic E-state index is 4.34. The second-order valence-electron chi connectivity index (χ2n) is 3.61. The average molecular weight is 166 g/mol. The highest BCUT2D eigenvalue weighted by Crippen LogP contribution is 2.26. The summed E-state index contributed by atoms with van der Waals surface area (Å²) in [5, 5.41) is 10.5. The van der Waals surface area contributed by atoms with E-state index in [1.54, 1.807) is 0 Å². The van der Waals surface area contributed by atoms with Crippen molar-refractivity contribution in [1.29, 1.82) is 0 Å². The van der Waals surface area contributed by atoms with Crippen molar-refractivity contribution in [2.45, 2.75) is 32.2 Å². The molecule has 1 aliphatic heterocycles. The highest BCUT2D eigenvalue weighted by atomic mass is 15.2. The van der Waals surface area contributed by atoms with Crippen LogP contribution in [0.1, 0.15) is 31.4 Å². The summed E-state index contributed by atoms with van der Waals surface area (Å²) in [6.07, 6.45) is 2.34. The molecule has 2 N–H and O–H groups in total. The third-order valence-electron chi connectivity index (χ3n) is 2.46. The lowest BCUT2D eigenvalue weighted by atomic mass is 10.00. The van der Waals surface area contributed by atoms with Crippen LogP contribution < -0.4 is 5.32 Å². The molecule has 2 rings (SSSR count). The van der Waals surface area contributed by atoms with Crippen molar-refractivity contribution < 1.29 is 0 Å². The van der Waals surface area contributed by atoms with E-state index in [9.17, 15) is 0 Å². The van der Waals surface area contributed by atoms with Gasteiger partial charge in [-0.2, -0.15) is 5.10 Å². The Morgan fingerprint density at radius 2 is 2.33 bits per heavy atom. The highest BCUT2D eigenvalue weighted by molar-refractivity contribution is 5.06. The Balaban J connectivity index is 2.28. The number of aryl methyl sites for hydroxylation is 1. The summed E-state index contributed by atoms with van der Waals surface area (Å²) >= 11 is 0.